The van der Waals surface area contributed by atoms with Crippen molar-refractivity contribution in [2.45, 2.75) is 37.4 Å². The van der Waals surface area contributed by atoms with Gasteiger partial charge in [-0.2, -0.15) is 0 Å². The van der Waals surface area contributed by atoms with Crippen LogP contribution >= 0.6 is 11.3 Å². The molecule has 2 bridgehead atoms. The third kappa shape index (κ3) is 2.80. The van der Waals surface area contributed by atoms with Crippen molar-refractivity contribution in [2.75, 3.05) is 24.7 Å². The monoisotopic (exact) mass is 371 g/mol. The minimum absolute atomic E-state index is 0.00967. The van der Waals surface area contributed by atoms with E-state index >= 15 is 0 Å². The maximum absolute atomic E-state index is 12.7. The zero-order valence-electron chi connectivity index (χ0n) is 14.4. The fourth-order valence-electron chi connectivity index (χ4n) is 4.29. The van der Waals surface area contributed by atoms with Crippen molar-refractivity contribution in [1.82, 2.24) is 10.6 Å². The van der Waals surface area contributed by atoms with Gasteiger partial charge in [0.15, 0.2) is 0 Å². The smallest absolute Gasteiger partial charge is 0.253 e. The summed E-state index contributed by atoms with van der Waals surface area (Å²) in [5.41, 5.74) is 0.679. The van der Waals surface area contributed by atoms with Crippen LogP contribution in [0.5, 0.6) is 0 Å². The normalized spacial score (nSPS) is 28.1. The number of morpholine rings is 1. The van der Waals surface area contributed by atoms with E-state index in [1.165, 1.54) is 6.42 Å². The lowest BCUT2D eigenvalue weighted by atomic mass is 9.95. The molecule has 7 heteroatoms. The zero-order chi connectivity index (χ0) is 17.7. The van der Waals surface area contributed by atoms with Crippen LogP contribution in [0.25, 0.3) is 10.1 Å². The molecular weight excluding hydrogens is 350 g/mol. The van der Waals surface area contributed by atoms with Gasteiger partial charge in [-0.15, -0.1) is 11.3 Å². The number of hydrogen-bond donors (Lipinski definition) is 2. The van der Waals surface area contributed by atoms with Crippen molar-refractivity contribution < 1.29 is 14.3 Å². The summed E-state index contributed by atoms with van der Waals surface area (Å²) in [6, 6.07) is 9.00. The average molecular weight is 371 g/mol. The Labute approximate surface area is 155 Å². The summed E-state index contributed by atoms with van der Waals surface area (Å²) in [7, 11) is 0. The summed E-state index contributed by atoms with van der Waals surface area (Å²) in [6.07, 6.45) is 3.40. The standard InChI is InChI=1S/C19H21N3O3S/c23-17-10-25-6-5-22(17)18-8-12-7-11(1-4-16(12)26-18)19(24)21-15-9-13-2-3-14(15)20-13/h1,4,7-8,13-15,20H,2-3,5-6,9-10H2,(H,21,24)/t13-,14+,15-/m1/s1. The number of ether oxygens (including phenoxy) is 1. The second-order valence-electron chi connectivity index (χ2n) is 7.30. The number of rotatable bonds is 3. The molecule has 3 atom stereocenters. The summed E-state index contributed by atoms with van der Waals surface area (Å²) in [5.74, 6) is -0.0222. The highest BCUT2D eigenvalue weighted by molar-refractivity contribution is 7.23. The second-order valence-corrected chi connectivity index (χ2v) is 8.36. The van der Waals surface area contributed by atoms with Gasteiger partial charge >= 0.3 is 0 Å². The molecule has 2 aromatic rings. The molecule has 2 N–H and O–H groups in total. The van der Waals surface area contributed by atoms with Crippen LogP contribution < -0.4 is 15.5 Å². The first kappa shape index (κ1) is 16.2. The Kier molecular flexibility index (Phi) is 3.95. The van der Waals surface area contributed by atoms with E-state index in [1.54, 1.807) is 16.2 Å². The molecule has 1 aromatic carbocycles. The van der Waals surface area contributed by atoms with Crippen LogP contribution in [-0.4, -0.2) is 49.7 Å². The minimum Gasteiger partial charge on any atom is -0.370 e. The largest absolute Gasteiger partial charge is 0.370 e. The van der Waals surface area contributed by atoms with E-state index in [-0.39, 0.29) is 24.5 Å². The van der Waals surface area contributed by atoms with Crippen molar-refractivity contribution >= 4 is 38.2 Å². The maximum atomic E-state index is 12.7. The number of nitrogens with one attached hydrogen (secondary N) is 2. The van der Waals surface area contributed by atoms with Gasteiger partial charge in [0.2, 0.25) is 0 Å². The summed E-state index contributed by atoms with van der Waals surface area (Å²) >= 11 is 1.58. The highest BCUT2D eigenvalue weighted by Gasteiger charge is 2.39. The number of anilines is 1. The first-order valence-corrected chi connectivity index (χ1v) is 9.98. The molecule has 26 heavy (non-hydrogen) atoms. The van der Waals surface area contributed by atoms with Gasteiger partial charge in [0.1, 0.15) is 6.61 Å². The van der Waals surface area contributed by atoms with Crippen LogP contribution in [-0.2, 0) is 9.53 Å². The van der Waals surface area contributed by atoms with Gasteiger partial charge in [-0.05, 0) is 48.9 Å². The molecule has 3 aliphatic rings. The SMILES string of the molecule is O=C(N[C@@H]1C[C@H]2CC[C@@H]1N2)c1ccc2sc(N3CCOCC3=O)cc2c1. The Morgan fingerprint density at radius 3 is 3.00 bits per heavy atom. The minimum atomic E-state index is -0.0125. The molecule has 0 aliphatic carbocycles. The Balaban J connectivity index is 1.36. The molecule has 0 radical (unpaired) electrons. The van der Waals surface area contributed by atoms with Gasteiger partial charge in [-0.3, -0.25) is 14.5 Å². The van der Waals surface area contributed by atoms with E-state index in [9.17, 15) is 9.59 Å². The fraction of sp³-hybridized carbons (Fsp3) is 0.474. The Morgan fingerprint density at radius 1 is 1.31 bits per heavy atom. The number of nitrogens with zero attached hydrogens (tertiary/aromatic N) is 1. The quantitative estimate of drug-likeness (QED) is 0.864. The first-order chi connectivity index (χ1) is 12.7. The van der Waals surface area contributed by atoms with E-state index < -0.39 is 0 Å². The van der Waals surface area contributed by atoms with E-state index in [1.807, 2.05) is 24.3 Å². The van der Waals surface area contributed by atoms with Crippen molar-refractivity contribution in [2.24, 2.45) is 0 Å². The Hall–Kier alpha value is -1.96. The van der Waals surface area contributed by atoms with Crippen LogP contribution in [0.2, 0.25) is 0 Å². The molecule has 3 fully saturated rings. The van der Waals surface area contributed by atoms with Crippen LogP contribution in [0.1, 0.15) is 29.6 Å². The molecule has 5 rings (SSSR count). The van der Waals surface area contributed by atoms with Crippen LogP contribution in [0.15, 0.2) is 24.3 Å². The number of thiophene rings is 1. The first-order valence-electron chi connectivity index (χ1n) is 9.16. The molecule has 0 unspecified atom stereocenters. The summed E-state index contributed by atoms with van der Waals surface area (Å²) in [5, 5.41) is 8.66. The van der Waals surface area contributed by atoms with Gasteiger partial charge in [-0.1, -0.05) is 0 Å². The number of fused-ring (bicyclic) bond motifs is 3. The molecule has 0 spiro atoms. The summed E-state index contributed by atoms with van der Waals surface area (Å²) < 4.78 is 6.28. The predicted molar refractivity (Wildman–Crippen MR) is 101 cm³/mol. The van der Waals surface area contributed by atoms with Gasteiger partial charge in [0, 0.05) is 28.4 Å². The molecular formula is C19H21N3O3S. The van der Waals surface area contributed by atoms with Crippen molar-refractivity contribution in [1.29, 1.82) is 0 Å². The zero-order valence-corrected chi connectivity index (χ0v) is 15.2. The Bertz CT molecular complexity index is 880. The van der Waals surface area contributed by atoms with E-state index in [2.05, 4.69) is 10.6 Å². The molecule has 1 aromatic heterocycles. The second kappa shape index (κ2) is 6.33. The van der Waals surface area contributed by atoms with Crippen molar-refractivity contribution in [3.05, 3.63) is 29.8 Å². The van der Waals surface area contributed by atoms with E-state index in [0.29, 0.717) is 30.8 Å². The third-order valence-electron chi connectivity index (χ3n) is 5.63. The summed E-state index contributed by atoms with van der Waals surface area (Å²) in [4.78, 5) is 26.5. The molecule has 6 nitrogen and oxygen atoms in total. The van der Waals surface area contributed by atoms with Crippen LogP contribution in [0.4, 0.5) is 5.00 Å². The van der Waals surface area contributed by atoms with Gasteiger partial charge in [-0.25, -0.2) is 0 Å². The number of hydrogen-bond acceptors (Lipinski definition) is 5. The molecule has 0 saturated carbocycles. The number of carbonyl (C=O) groups excluding carboxylic acids is 2. The number of amides is 2. The lowest BCUT2D eigenvalue weighted by Gasteiger charge is -2.25. The van der Waals surface area contributed by atoms with E-state index in [0.717, 1.165) is 27.9 Å². The Morgan fingerprint density at radius 2 is 2.23 bits per heavy atom. The molecule has 4 heterocycles. The van der Waals surface area contributed by atoms with Gasteiger partial charge < -0.3 is 15.4 Å². The van der Waals surface area contributed by atoms with Crippen molar-refractivity contribution in [3.8, 4) is 0 Å². The molecule has 3 aliphatic heterocycles. The number of benzene rings is 1. The average Bonchev–Trinajstić information content (AvgIpc) is 3.36. The van der Waals surface area contributed by atoms with Gasteiger partial charge in [0.25, 0.3) is 11.8 Å². The molecule has 2 amide bonds. The molecule has 136 valence electrons. The van der Waals surface area contributed by atoms with Crippen molar-refractivity contribution in [3.63, 3.8) is 0 Å². The molecule has 3 saturated heterocycles. The fourth-order valence-corrected chi connectivity index (χ4v) is 5.38. The maximum Gasteiger partial charge on any atom is 0.253 e. The van der Waals surface area contributed by atoms with Crippen LogP contribution in [0, 0.1) is 0 Å². The van der Waals surface area contributed by atoms with E-state index in [4.69, 9.17) is 4.74 Å². The third-order valence-corrected chi connectivity index (χ3v) is 6.77. The highest BCUT2D eigenvalue weighted by Crippen LogP contribution is 2.34. The lowest BCUT2D eigenvalue weighted by Crippen LogP contribution is -2.42. The summed E-state index contributed by atoms with van der Waals surface area (Å²) in [6.45, 7) is 1.28. The van der Waals surface area contributed by atoms with Crippen LogP contribution in [0.3, 0.4) is 0 Å². The lowest BCUT2D eigenvalue weighted by molar-refractivity contribution is -0.125. The number of carbonyl (C=O) groups is 2. The predicted octanol–water partition coefficient (Wildman–Crippen LogP) is 1.89. The highest BCUT2D eigenvalue weighted by atomic mass is 32.1. The topological polar surface area (TPSA) is 70.7 Å². The van der Waals surface area contributed by atoms with Gasteiger partial charge in [0.05, 0.1) is 18.2 Å².